The van der Waals surface area contributed by atoms with Crippen LogP contribution in [0.4, 0.5) is 5.82 Å². The van der Waals surface area contributed by atoms with Gasteiger partial charge in [0, 0.05) is 24.7 Å². The van der Waals surface area contributed by atoms with Crippen molar-refractivity contribution in [3.05, 3.63) is 52.9 Å². The van der Waals surface area contributed by atoms with Crippen molar-refractivity contribution >= 4 is 23.3 Å². The van der Waals surface area contributed by atoms with Crippen LogP contribution >= 0.6 is 11.6 Å². The fraction of sp³-hybridized carbons (Fsp3) is 0.214. The van der Waals surface area contributed by atoms with E-state index in [1.54, 1.807) is 6.20 Å². The lowest BCUT2D eigenvalue weighted by molar-refractivity contribution is -0.121. The van der Waals surface area contributed by atoms with Gasteiger partial charge in [0.15, 0.2) is 0 Å². The average molecular weight is 289 g/mol. The van der Waals surface area contributed by atoms with Crippen LogP contribution in [-0.2, 0) is 17.8 Å². The Morgan fingerprint density at radius 3 is 2.90 bits per heavy atom. The maximum absolute atomic E-state index is 12.1. The van der Waals surface area contributed by atoms with Crippen LogP contribution < -0.4 is 10.6 Å². The zero-order valence-electron chi connectivity index (χ0n) is 10.6. The van der Waals surface area contributed by atoms with Gasteiger partial charge in [-0.3, -0.25) is 4.79 Å². The van der Waals surface area contributed by atoms with Gasteiger partial charge in [-0.25, -0.2) is 9.97 Å². The van der Waals surface area contributed by atoms with Gasteiger partial charge in [-0.2, -0.15) is 0 Å². The Bertz CT molecular complexity index is 632. The molecular formula is C14H13ClN4O. The Morgan fingerprint density at radius 1 is 1.30 bits per heavy atom. The Hall–Kier alpha value is -2.14. The minimum Gasteiger partial charge on any atom is -0.358 e. The topological polar surface area (TPSA) is 66.9 Å². The number of rotatable bonds is 2. The molecule has 2 heterocycles. The zero-order valence-corrected chi connectivity index (χ0v) is 11.4. The molecule has 0 saturated heterocycles. The lowest BCUT2D eigenvalue weighted by Crippen LogP contribution is -2.38. The minimum atomic E-state index is -0.371. The number of benzene rings is 1. The molecule has 20 heavy (non-hydrogen) atoms. The average Bonchev–Trinajstić information content (AvgIpc) is 2.60. The fourth-order valence-corrected chi connectivity index (χ4v) is 2.30. The van der Waals surface area contributed by atoms with Crippen molar-refractivity contribution in [1.29, 1.82) is 0 Å². The van der Waals surface area contributed by atoms with Crippen LogP contribution in [0.5, 0.6) is 0 Å². The molecule has 0 fully saturated rings. The van der Waals surface area contributed by atoms with E-state index >= 15 is 0 Å². The summed E-state index contributed by atoms with van der Waals surface area (Å²) in [6, 6.07) is 9.48. The molecule has 0 saturated carbocycles. The summed E-state index contributed by atoms with van der Waals surface area (Å²) in [6.07, 6.45) is 2.22. The van der Waals surface area contributed by atoms with Crippen LogP contribution in [0.1, 0.15) is 11.1 Å². The highest BCUT2D eigenvalue weighted by molar-refractivity contribution is 6.28. The van der Waals surface area contributed by atoms with Crippen molar-refractivity contribution in [2.75, 3.05) is 5.32 Å². The highest BCUT2D eigenvalue weighted by Gasteiger charge is 2.24. The third kappa shape index (κ3) is 2.72. The standard InChI is InChI=1S/C14H13ClN4O/c15-14-17-8-10-7-16-13(20)11(18-12(10)19-14)6-9-4-2-1-3-5-9/h1-5,8,11H,6-7H2,(H,16,20)(H,17,18,19). The van der Waals surface area contributed by atoms with Gasteiger partial charge in [0.05, 0.1) is 0 Å². The van der Waals surface area contributed by atoms with Crippen molar-refractivity contribution in [3.63, 3.8) is 0 Å². The van der Waals surface area contributed by atoms with Crippen molar-refractivity contribution in [3.8, 4) is 0 Å². The summed E-state index contributed by atoms with van der Waals surface area (Å²) < 4.78 is 0. The van der Waals surface area contributed by atoms with Gasteiger partial charge in [-0.1, -0.05) is 30.3 Å². The highest BCUT2D eigenvalue weighted by Crippen LogP contribution is 2.19. The number of anilines is 1. The van der Waals surface area contributed by atoms with Crippen LogP contribution in [0, 0.1) is 0 Å². The molecule has 0 bridgehead atoms. The van der Waals surface area contributed by atoms with Crippen molar-refractivity contribution < 1.29 is 4.79 Å². The van der Waals surface area contributed by atoms with Crippen LogP contribution in [0.25, 0.3) is 0 Å². The van der Waals surface area contributed by atoms with Crippen LogP contribution in [0.2, 0.25) is 5.28 Å². The Balaban J connectivity index is 1.86. The van der Waals surface area contributed by atoms with Gasteiger partial charge < -0.3 is 10.6 Å². The zero-order chi connectivity index (χ0) is 13.9. The predicted molar refractivity (Wildman–Crippen MR) is 76.4 cm³/mol. The number of hydrogen-bond donors (Lipinski definition) is 2. The van der Waals surface area contributed by atoms with Crippen LogP contribution in [0.15, 0.2) is 36.5 Å². The molecule has 102 valence electrons. The quantitative estimate of drug-likeness (QED) is 0.827. The highest BCUT2D eigenvalue weighted by atomic mass is 35.5. The number of halogens is 1. The molecule has 1 aromatic heterocycles. The maximum Gasteiger partial charge on any atom is 0.243 e. The van der Waals surface area contributed by atoms with Crippen molar-refractivity contribution in [2.24, 2.45) is 0 Å². The van der Waals surface area contributed by atoms with Gasteiger partial charge in [0.2, 0.25) is 11.2 Å². The summed E-state index contributed by atoms with van der Waals surface area (Å²) >= 11 is 5.81. The first-order chi connectivity index (χ1) is 9.72. The largest absolute Gasteiger partial charge is 0.358 e. The first-order valence-electron chi connectivity index (χ1n) is 6.32. The third-order valence-corrected chi connectivity index (χ3v) is 3.38. The molecule has 1 aliphatic rings. The molecule has 2 N–H and O–H groups in total. The number of nitrogens with one attached hydrogen (secondary N) is 2. The molecule has 1 aromatic carbocycles. The second-order valence-corrected chi connectivity index (χ2v) is 4.96. The van der Waals surface area contributed by atoms with Gasteiger partial charge in [0.1, 0.15) is 11.9 Å². The first-order valence-corrected chi connectivity index (χ1v) is 6.70. The second kappa shape index (κ2) is 5.46. The molecule has 1 aliphatic heterocycles. The molecule has 0 spiro atoms. The lowest BCUT2D eigenvalue weighted by atomic mass is 10.1. The monoisotopic (exact) mass is 288 g/mol. The third-order valence-electron chi connectivity index (χ3n) is 3.20. The van der Waals surface area contributed by atoms with Crippen LogP contribution in [-0.4, -0.2) is 21.9 Å². The minimum absolute atomic E-state index is 0.0528. The van der Waals surface area contributed by atoms with E-state index < -0.39 is 0 Å². The van der Waals surface area contributed by atoms with E-state index in [0.717, 1.165) is 11.1 Å². The second-order valence-electron chi connectivity index (χ2n) is 4.62. The smallest absolute Gasteiger partial charge is 0.243 e. The van der Waals surface area contributed by atoms with E-state index in [9.17, 15) is 4.79 Å². The van der Waals surface area contributed by atoms with Crippen molar-refractivity contribution in [1.82, 2.24) is 15.3 Å². The molecule has 2 aromatic rings. The number of nitrogens with zero attached hydrogens (tertiary/aromatic N) is 2. The normalized spacial score (nSPS) is 17.6. The summed E-state index contributed by atoms with van der Waals surface area (Å²) in [7, 11) is 0. The van der Waals surface area contributed by atoms with Gasteiger partial charge in [-0.05, 0) is 17.2 Å². The van der Waals surface area contributed by atoms with E-state index in [-0.39, 0.29) is 17.2 Å². The molecule has 5 nitrogen and oxygen atoms in total. The van der Waals surface area contributed by atoms with E-state index in [4.69, 9.17) is 11.6 Å². The van der Waals surface area contributed by atoms with Gasteiger partial charge in [-0.15, -0.1) is 0 Å². The van der Waals surface area contributed by atoms with E-state index in [0.29, 0.717) is 18.8 Å². The maximum atomic E-state index is 12.1. The van der Waals surface area contributed by atoms with Gasteiger partial charge >= 0.3 is 0 Å². The molecule has 0 aliphatic carbocycles. The number of hydrogen-bond acceptors (Lipinski definition) is 4. The van der Waals surface area contributed by atoms with E-state index in [1.165, 1.54) is 0 Å². The molecule has 1 atom stereocenters. The summed E-state index contributed by atoms with van der Waals surface area (Å²) in [5, 5.41) is 6.19. The SMILES string of the molecule is O=C1NCc2cnc(Cl)nc2NC1Cc1ccccc1. The molecule has 6 heteroatoms. The molecule has 1 unspecified atom stereocenters. The number of carbonyl (C=O) groups excluding carboxylic acids is 1. The summed E-state index contributed by atoms with van der Waals surface area (Å²) in [5.41, 5.74) is 1.92. The van der Waals surface area contributed by atoms with Gasteiger partial charge in [0.25, 0.3) is 0 Å². The number of fused-ring (bicyclic) bond motifs is 1. The predicted octanol–water partition coefficient (Wildman–Crippen LogP) is 1.78. The van der Waals surface area contributed by atoms with Crippen molar-refractivity contribution in [2.45, 2.75) is 19.0 Å². The summed E-state index contributed by atoms with van der Waals surface area (Å²) in [6.45, 7) is 0.406. The summed E-state index contributed by atoms with van der Waals surface area (Å²) in [5.74, 6) is 0.562. The molecule has 1 amide bonds. The molecule has 3 rings (SSSR count). The lowest BCUT2D eigenvalue weighted by Gasteiger charge is -2.15. The number of carbonyl (C=O) groups is 1. The Morgan fingerprint density at radius 2 is 2.10 bits per heavy atom. The number of amides is 1. The van der Waals surface area contributed by atoms with E-state index in [2.05, 4.69) is 20.6 Å². The Kier molecular flexibility index (Phi) is 3.52. The Labute approximate surface area is 121 Å². The number of aromatic nitrogens is 2. The summed E-state index contributed by atoms with van der Waals surface area (Å²) in [4.78, 5) is 20.2. The fourth-order valence-electron chi connectivity index (χ4n) is 2.17. The van der Waals surface area contributed by atoms with Crippen LogP contribution in [0.3, 0.4) is 0 Å². The molecule has 0 radical (unpaired) electrons. The molecular weight excluding hydrogens is 276 g/mol. The first kappa shape index (κ1) is 12.9. The van der Waals surface area contributed by atoms with E-state index in [1.807, 2.05) is 30.3 Å².